The van der Waals surface area contributed by atoms with E-state index in [0.29, 0.717) is 19.4 Å². The largest absolute Gasteiger partial charge is 0.387 e. The maximum Gasteiger partial charge on any atom is 0.252 e. The molecule has 2 fully saturated rings. The molecule has 1 aliphatic carbocycles. The number of imidazole rings is 1. The van der Waals surface area contributed by atoms with Crippen LogP contribution in [0.15, 0.2) is 6.33 Å². The predicted octanol–water partition coefficient (Wildman–Crippen LogP) is 0.483. The van der Waals surface area contributed by atoms with Gasteiger partial charge < -0.3 is 31.1 Å². The molecule has 0 bridgehead atoms. The first kappa shape index (κ1) is 25.3. The van der Waals surface area contributed by atoms with E-state index in [1.165, 1.54) is 10.9 Å². The summed E-state index contributed by atoms with van der Waals surface area (Å²) in [5.41, 5.74) is 5.23. The highest BCUT2D eigenvalue weighted by Gasteiger charge is 2.48. The van der Waals surface area contributed by atoms with Gasteiger partial charge in [0.05, 0.1) is 6.33 Å². The number of aromatic nitrogens is 4. The molecular weight excluding hydrogens is 452 g/mol. The van der Waals surface area contributed by atoms with Crippen molar-refractivity contribution < 1.29 is 24.9 Å². The number of nitrogens with one attached hydrogen (secondary N) is 1. The number of carbonyl (C=O) groups excluding carboxylic acids is 1. The topological polar surface area (TPSA) is 169 Å². The van der Waals surface area contributed by atoms with Gasteiger partial charge in [0.2, 0.25) is 5.82 Å². The van der Waals surface area contributed by atoms with E-state index in [1.54, 1.807) is 6.92 Å². The molecule has 4 rings (SSSR count). The lowest BCUT2D eigenvalue weighted by Crippen LogP contribution is -2.45. The number of aliphatic hydroxyl groups excluding tert-OH is 2. The molecule has 2 aliphatic rings. The third-order valence-electron chi connectivity index (χ3n) is 6.48. The Kier molecular flexibility index (Phi) is 6.30. The highest BCUT2D eigenvalue weighted by atomic mass is 16.6. The third-order valence-corrected chi connectivity index (χ3v) is 6.48. The monoisotopic (exact) mass is 486 g/mol. The van der Waals surface area contributed by atoms with E-state index in [4.69, 9.17) is 10.5 Å². The third kappa shape index (κ3) is 4.97. The van der Waals surface area contributed by atoms with Crippen LogP contribution in [0.5, 0.6) is 0 Å². The Hall–Kier alpha value is -2.78. The average molecular weight is 487 g/mol. The second-order valence-corrected chi connectivity index (χ2v) is 11.2. The van der Waals surface area contributed by atoms with Crippen LogP contribution in [-0.2, 0) is 9.53 Å². The zero-order valence-electron chi connectivity index (χ0n) is 20.7. The van der Waals surface area contributed by atoms with Crippen LogP contribution >= 0.6 is 0 Å². The molecule has 190 valence electrons. The summed E-state index contributed by atoms with van der Waals surface area (Å²) >= 11 is 0. The molecule has 4 unspecified atom stereocenters. The molecule has 11 nitrogen and oxygen atoms in total. The number of anilines is 1. The SMILES string of the molecule is CCNC(=O)C1OC(n2cnc3c(N)nc(C#CC4(O)CC(C)(C)CC(C)(C)C4)nc32)C(O)C1O. The fourth-order valence-electron chi connectivity index (χ4n) is 5.89. The molecule has 2 aromatic rings. The Morgan fingerprint density at radius 1 is 1.20 bits per heavy atom. The molecule has 35 heavy (non-hydrogen) atoms. The van der Waals surface area contributed by atoms with Gasteiger partial charge in [-0.3, -0.25) is 9.36 Å². The van der Waals surface area contributed by atoms with E-state index >= 15 is 0 Å². The maximum absolute atomic E-state index is 12.2. The fourth-order valence-corrected chi connectivity index (χ4v) is 5.89. The summed E-state index contributed by atoms with van der Waals surface area (Å²) in [6.07, 6.45) is -1.84. The van der Waals surface area contributed by atoms with Gasteiger partial charge in [-0.2, -0.15) is 0 Å². The Morgan fingerprint density at radius 3 is 2.49 bits per heavy atom. The normalized spacial score (nSPS) is 28.9. The first-order chi connectivity index (χ1) is 16.2. The van der Waals surface area contributed by atoms with Crippen LogP contribution in [-0.4, -0.2) is 71.2 Å². The standard InChI is InChI=1S/C24H34N6O5/c1-6-26-20(33)17-15(31)16(32)21(35-17)30-12-27-14-18(25)28-13(29-19(14)30)7-8-24(34)10-22(2,3)9-23(4,5)11-24/h12,15-17,21,31-32,34H,6,9-11H2,1-5H3,(H,26,33)(H2,25,28,29). The zero-order chi connectivity index (χ0) is 25.8. The van der Waals surface area contributed by atoms with Gasteiger partial charge in [-0.1, -0.05) is 33.6 Å². The number of hydrogen-bond donors (Lipinski definition) is 5. The molecule has 1 saturated carbocycles. The fraction of sp³-hybridized carbons (Fsp3) is 0.667. The molecule has 1 aliphatic heterocycles. The van der Waals surface area contributed by atoms with Gasteiger partial charge in [-0.25, -0.2) is 15.0 Å². The number of hydrogen-bond acceptors (Lipinski definition) is 9. The minimum atomic E-state index is -1.44. The van der Waals surface area contributed by atoms with Crippen LogP contribution in [0.3, 0.4) is 0 Å². The van der Waals surface area contributed by atoms with Crippen molar-refractivity contribution in [3.05, 3.63) is 12.2 Å². The van der Waals surface area contributed by atoms with Gasteiger partial charge in [0, 0.05) is 6.54 Å². The summed E-state index contributed by atoms with van der Waals surface area (Å²) < 4.78 is 7.08. The molecule has 0 radical (unpaired) electrons. The molecule has 4 atom stereocenters. The summed E-state index contributed by atoms with van der Waals surface area (Å²) in [7, 11) is 0. The molecule has 6 N–H and O–H groups in total. The second kappa shape index (κ2) is 8.71. The Morgan fingerprint density at radius 2 is 1.86 bits per heavy atom. The summed E-state index contributed by atoms with van der Waals surface area (Å²) in [5.74, 6) is 5.47. The number of likely N-dealkylation sites (N-methyl/N-ethyl adjacent to an activating group) is 1. The number of ether oxygens (including phenoxy) is 1. The molecule has 1 amide bonds. The number of carbonyl (C=O) groups is 1. The highest BCUT2D eigenvalue weighted by molar-refractivity contribution is 5.83. The van der Waals surface area contributed by atoms with E-state index < -0.39 is 36.0 Å². The van der Waals surface area contributed by atoms with Crippen molar-refractivity contribution in [1.29, 1.82) is 0 Å². The first-order valence-corrected chi connectivity index (χ1v) is 11.8. The van der Waals surface area contributed by atoms with Gasteiger partial charge in [0.1, 0.15) is 23.3 Å². The van der Waals surface area contributed by atoms with Gasteiger partial charge >= 0.3 is 0 Å². The minimum Gasteiger partial charge on any atom is -0.387 e. The van der Waals surface area contributed by atoms with E-state index in [1.807, 2.05) is 0 Å². The lowest BCUT2D eigenvalue weighted by Gasteiger charge is -2.47. The molecule has 11 heteroatoms. The van der Waals surface area contributed by atoms with E-state index in [0.717, 1.165) is 6.42 Å². The summed E-state index contributed by atoms with van der Waals surface area (Å²) in [6.45, 7) is 10.6. The van der Waals surface area contributed by atoms with E-state index in [-0.39, 0.29) is 33.6 Å². The Balaban J connectivity index is 1.68. The summed E-state index contributed by atoms with van der Waals surface area (Å²) in [5, 5.41) is 34.8. The van der Waals surface area contributed by atoms with Crippen molar-refractivity contribution in [3.63, 3.8) is 0 Å². The molecule has 0 aromatic carbocycles. The van der Waals surface area contributed by atoms with Crippen molar-refractivity contribution >= 4 is 22.9 Å². The number of amides is 1. The predicted molar refractivity (Wildman–Crippen MR) is 128 cm³/mol. The molecule has 3 heterocycles. The molecule has 0 spiro atoms. The van der Waals surface area contributed by atoms with Gasteiger partial charge in [-0.05, 0) is 42.9 Å². The highest BCUT2D eigenvalue weighted by Crippen LogP contribution is 2.49. The van der Waals surface area contributed by atoms with E-state index in [2.05, 4.69) is 59.8 Å². The van der Waals surface area contributed by atoms with Crippen molar-refractivity contribution in [1.82, 2.24) is 24.8 Å². The van der Waals surface area contributed by atoms with Crippen LogP contribution < -0.4 is 11.1 Å². The van der Waals surface area contributed by atoms with Crippen LogP contribution in [0.25, 0.3) is 11.2 Å². The lowest BCUT2D eigenvalue weighted by molar-refractivity contribution is -0.137. The Bertz CT molecular complexity index is 1180. The Labute approximate surface area is 204 Å². The van der Waals surface area contributed by atoms with Gasteiger partial charge in [-0.15, -0.1) is 0 Å². The van der Waals surface area contributed by atoms with Crippen LogP contribution in [0.4, 0.5) is 5.82 Å². The van der Waals surface area contributed by atoms with Crippen molar-refractivity contribution in [2.24, 2.45) is 10.8 Å². The maximum atomic E-state index is 12.2. The lowest BCUT2D eigenvalue weighted by atomic mass is 9.60. The quantitative estimate of drug-likeness (QED) is 0.387. The zero-order valence-corrected chi connectivity index (χ0v) is 20.7. The number of aliphatic hydroxyl groups is 3. The smallest absolute Gasteiger partial charge is 0.252 e. The average Bonchev–Trinajstić information content (AvgIpc) is 3.26. The first-order valence-electron chi connectivity index (χ1n) is 11.8. The number of fused-ring (bicyclic) bond motifs is 1. The molecular formula is C24H34N6O5. The van der Waals surface area contributed by atoms with Gasteiger partial charge in [0.25, 0.3) is 5.91 Å². The van der Waals surface area contributed by atoms with Crippen LogP contribution in [0.2, 0.25) is 0 Å². The van der Waals surface area contributed by atoms with Gasteiger partial charge in [0.15, 0.2) is 23.8 Å². The number of nitrogens with zero attached hydrogens (tertiary/aromatic N) is 4. The van der Waals surface area contributed by atoms with Crippen molar-refractivity contribution in [2.45, 2.75) is 84.0 Å². The van der Waals surface area contributed by atoms with Crippen molar-refractivity contribution in [2.75, 3.05) is 12.3 Å². The summed E-state index contributed by atoms with van der Waals surface area (Å²) in [4.78, 5) is 25.1. The number of nitrogens with two attached hydrogens (primary N) is 1. The van der Waals surface area contributed by atoms with Crippen LogP contribution in [0, 0.1) is 22.7 Å². The van der Waals surface area contributed by atoms with Crippen LogP contribution in [0.1, 0.15) is 65.9 Å². The molecule has 1 saturated heterocycles. The second-order valence-electron chi connectivity index (χ2n) is 11.2. The number of nitrogen functional groups attached to an aromatic ring is 1. The minimum absolute atomic E-state index is 0.0719. The summed E-state index contributed by atoms with van der Waals surface area (Å²) in [6, 6.07) is 0. The number of rotatable bonds is 3. The van der Waals surface area contributed by atoms with Crippen molar-refractivity contribution in [3.8, 4) is 11.8 Å². The molecule has 2 aromatic heterocycles. The van der Waals surface area contributed by atoms with E-state index in [9.17, 15) is 20.1 Å².